The molecule has 102 valence electrons. The van der Waals surface area contributed by atoms with Crippen LogP contribution in [0.2, 0.25) is 0 Å². The molecule has 0 heteroatoms. The second-order valence-corrected chi connectivity index (χ2v) is 4.60. The molecule has 0 aliphatic heterocycles. The molecule has 0 bridgehead atoms. The summed E-state index contributed by atoms with van der Waals surface area (Å²) in [6, 6.07) is 17.5. The Hall–Kier alpha value is -1.56. The molecule has 0 unspecified atom stereocenters. The first-order chi connectivity index (χ1) is 9.35. The highest BCUT2D eigenvalue weighted by atomic mass is 14.2. The summed E-state index contributed by atoms with van der Waals surface area (Å²) in [5.74, 6) is 0. The Kier molecular flexibility index (Phi) is 6.95. The molecule has 0 nitrogen and oxygen atoms in total. The van der Waals surface area contributed by atoms with Crippen molar-refractivity contribution in [2.24, 2.45) is 0 Å². The molecule has 0 saturated carbocycles. The number of rotatable bonds is 0. The van der Waals surface area contributed by atoms with E-state index in [0.717, 1.165) is 12.8 Å². The lowest BCUT2D eigenvalue weighted by Gasteiger charge is -2.18. The molecule has 0 amide bonds. The standard InChI is InChI=1S/C14H12.C3H8.C2H6/c1-2-6-12-10-14-8-4-3-7-13(14)9-11(12)5-1;1-3-2;1-2/h1-8H,9-10H2;3H2,1-2H3;1-2H3. The molecule has 0 atom stereocenters. The van der Waals surface area contributed by atoms with Gasteiger partial charge < -0.3 is 0 Å². The Bertz CT molecular complexity index is 395. The van der Waals surface area contributed by atoms with Crippen molar-refractivity contribution in [2.45, 2.75) is 47.0 Å². The summed E-state index contributed by atoms with van der Waals surface area (Å²) in [6.45, 7) is 8.25. The summed E-state index contributed by atoms with van der Waals surface area (Å²) in [5, 5.41) is 0. The van der Waals surface area contributed by atoms with E-state index >= 15 is 0 Å². The summed E-state index contributed by atoms with van der Waals surface area (Å²) >= 11 is 0. The van der Waals surface area contributed by atoms with Gasteiger partial charge in [-0.05, 0) is 35.1 Å². The molecule has 0 saturated heterocycles. The molecule has 19 heavy (non-hydrogen) atoms. The van der Waals surface area contributed by atoms with Crippen LogP contribution in [0.3, 0.4) is 0 Å². The van der Waals surface area contributed by atoms with Crippen LogP contribution in [0, 0.1) is 0 Å². The van der Waals surface area contributed by atoms with E-state index < -0.39 is 0 Å². The van der Waals surface area contributed by atoms with Crippen LogP contribution >= 0.6 is 0 Å². The average Bonchev–Trinajstić information content (AvgIpc) is 2.48. The normalized spacial score (nSPS) is 10.9. The van der Waals surface area contributed by atoms with Crippen LogP contribution in [0.25, 0.3) is 0 Å². The Labute approximate surface area is 118 Å². The van der Waals surface area contributed by atoms with Crippen molar-refractivity contribution in [1.29, 1.82) is 0 Å². The third-order valence-electron chi connectivity index (χ3n) is 3.00. The van der Waals surface area contributed by atoms with Crippen molar-refractivity contribution in [3.63, 3.8) is 0 Å². The minimum absolute atomic E-state index is 1.10. The smallest absolute Gasteiger partial charge is 0.00201 e. The molecule has 0 fully saturated rings. The fourth-order valence-electron chi connectivity index (χ4n) is 2.22. The van der Waals surface area contributed by atoms with E-state index in [0.29, 0.717) is 0 Å². The fraction of sp³-hybridized carbons (Fsp3) is 0.368. The molecule has 0 radical (unpaired) electrons. The lowest BCUT2D eigenvalue weighted by Crippen LogP contribution is -2.06. The zero-order valence-electron chi connectivity index (χ0n) is 12.7. The Balaban J connectivity index is 0.000000321. The van der Waals surface area contributed by atoms with Gasteiger partial charge in [0.15, 0.2) is 0 Å². The third-order valence-corrected chi connectivity index (χ3v) is 3.00. The van der Waals surface area contributed by atoms with Crippen molar-refractivity contribution in [2.75, 3.05) is 0 Å². The van der Waals surface area contributed by atoms with E-state index in [1.807, 2.05) is 13.8 Å². The Morgan fingerprint density at radius 3 is 1.05 bits per heavy atom. The van der Waals surface area contributed by atoms with Gasteiger partial charge in [0.05, 0.1) is 0 Å². The van der Waals surface area contributed by atoms with Crippen molar-refractivity contribution in [1.82, 2.24) is 0 Å². The van der Waals surface area contributed by atoms with E-state index in [2.05, 4.69) is 62.4 Å². The summed E-state index contributed by atoms with van der Waals surface area (Å²) in [5.41, 5.74) is 5.97. The Morgan fingerprint density at radius 1 is 0.632 bits per heavy atom. The topological polar surface area (TPSA) is 0 Å². The van der Waals surface area contributed by atoms with Crippen molar-refractivity contribution < 1.29 is 0 Å². The van der Waals surface area contributed by atoms with Crippen LogP contribution in [0.4, 0.5) is 0 Å². The van der Waals surface area contributed by atoms with Crippen LogP contribution in [-0.2, 0) is 12.8 Å². The van der Waals surface area contributed by atoms with Gasteiger partial charge in [-0.1, -0.05) is 82.6 Å². The first-order valence-electron chi connectivity index (χ1n) is 7.48. The summed E-state index contributed by atoms with van der Waals surface area (Å²) in [6.07, 6.45) is 3.46. The molecular formula is C19H26. The second kappa shape index (κ2) is 8.53. The number of hydrogen-bond donors (Lipinski definition) is 0. The van der Waals surface area contributed by atoms with Crippen LogP contribution < -0.4 is 0 Å². The molecular weight excluding hydrogens is 228 g/mol. The van der Waals surface area contributed by atoms with Crippen molar-refractivity contribution >= 4 is 0 Å². The SMILES string of the molecule is CC.CCC.c1ccc2c(c1)Cc1ccccc1C2. The second-order valence-electron chi connectivity index (χ2n) is 4.60. The van der Waals surface area contributed by atoms with Gasteiger partial charge in [0.25, 0.3) is 0 Å². The highest BCUT2D eigenvalue weighted by Gasteiger charge is 2.12. The van der Waals surface area contributed by atoms with Crippen molar-refractivity contribution in [3.8, 4) is 0 Å². The zero-order chi connectivity index (χ0) is 14.1. The van der Waals surface area contributed by atoms with Crippen LogP contribution in [0.1, 0.15) is 56.4 Å². The maximum Gasteiger partial charge on any atom is -0.00201 e. The molecule has 2 aromatic carbocycles. The van der Waals surface area contributed by atoms with Gasteiger partial charge in [0, 0.05) is 0 Å². The Morgan fingerprint density at radius 2 is 0.842 bits per heavy atom. The van der Waals surface area contributed by atoms with E-state index in [4.69, 9.17) is 0 Å². The lowest BCUT2D eigenvalue weighted by molar-refractivity contribution is 1.00. The van der Waals surface area contributed by atoms with E-state index in [1.54, 1.807) is 0 Å². The molecule has 1 aliphatic rings. The lowest BCUT2D eigenvalue weighted by atomic mass is 9.86. The van der Waals surface area contributed by atoms with E-state index in [1.165, 1.54) is 28.7 Å². The molecule has 2 aromatic rings. The van der Waals surface area contributed by atoms with Crippen LogP contribution in [0.15, 0.2) is 48.5 Å². The predicted octanol–water partition coefficient (Wildman–Crippen LogP) is 5.62. The molecule has 3 rings (SSSR count). The first-order valence-corrected chi connectivity index (χ1v) is 7.48. The minimum atomic E-state index is 1.10. The van der Waals surface area contributed by atoms with Gasteiger partial charge in [0.2, 0.25) is 0 Å². The van der Waals surface area contributed by atoms with Gasteiger partial charge in [-0.3, -0.25) is 0 Å². The van der Waals surface area contributed by atoms with Gasteiger partial charge in [0.1, 0.15) is 0 Å². The monoisotopic (exact) mass is 254 g/mol. The molecule has 0 aromatic heterocycles. The molecule has 0 spiro atoms. The van der Waals surface area contributed by atoms with Gasteiger partial charge >= 0.3 is 0 Å². The fourth-order valence-corrected chi connectivity index (χ4v) is 2.22. The van der Waals surface area contributed by atoms with Crippen molar-refractivity contribution in [3.05, 3.63) is 70.8 Å². The van der Waals surface area contributed by atoms with Gasteiger partial charge in [-0.25, -0.2) is 0 Å². The summed E-state index contributed by atoms with van der Waals surface area (Å²) in [7, 11) is 0. The predicted molar refractivity (Wildman–Crippen MR) is 85.8 cm³/mol. The van der Waals surface area contributed by atoms with E-state index in [-0.39, 0.29) is 0 Å². The minimum Gasteiger partial charge on any atom is -0.0683 e. The maximum absolute atomic E-state index is 2.24. The summed E-state index contributed by atoms with van der Waals surface area (Å²) < 4.78 is 0. The number of fused-ring (bicyclic) bond motifs is 2. The molecule has 0 N–H and O–H groups in total. The highest BCUT2D eigenvalue weighted by Crippen LogP contribution is 2.26. The number of hydrogen-bond acceptors (Lipinski definition) is 0. The van der Waals surface area contributed by atoms with Crippen LogP contribution in [-0.4, -0.2) is 0 Å². The maximum atomic E-state index is 2.24. The zero-order valence-corrected chi connectivity index (χ0v) is 12.7. The highest BCUT2D eigenvalue weighted by molar-refractivity contribution is 5.44. The first kappa shape index (κ1) is 15.5. The summed E-state index contributed by atoms with van der Waals surface area (Å²) in [4.78, 5) is 0. The molecule has 1 aliphatic carbocycles. The van der Waals surface area contributed by atoms with E-state index in [9.17, 15) is 0 Å². The molecule has 0 heterocycles. The van der Waals surface area contributed by atoms with Gasteiger partial charge in [-0.2, -0.15) is 0 Å². The number of benzene rings is 2. The average molecular weight is 254 g/mol. The van der Waals surface area contributed by atoms with Gasteiger partial charge in [-0.15, -0.1) is 0 Å². The third kappa shape index (κ3) is 4.24. The quantitative estimate of drug-likeness (QED) is 0.488. The van der Waals surface area contributed by atoms with Crippen LogP contribution in [0.5, 0.6) is 0 Å². The largest absolute Gasteiger partial charge is 0.0683 e.